The van der Waals surface area contributed by atoms with Gasteiger partial charge in [0.2, 0.25) is 0 Å². The van der Waals surface area contributed by atoms with Gasteiger partial charge in [0.25, 0.3) is 0 Å². The molecule has 38 heavy (non-hydrogen) atoms. The lowest BCUT2D eigenvalue weighted by Crippen LogP contribution is -2.59. The van der Waals surface area contributed by atoms with Crippen LogP contribution in [0.2, 0.25) is 0 Å². The van der Waals surface area contributed by atoms with Crippen LogP contribution in [-0.2, 0) is 18.5 Å². The number of rotatable bonds is 9. The third kappa shape index (κ3) is 4.70. The first-order valence-corrected chi connectivity index (χ1v) is 14.9. The zero-order valence-electron chi connectivity index (χ0n) is 24.1. The van der Waals surface area contributed by atoms with Crippen molar-refractivity contribution in [3.8, 4) is 17.2 Å². The number of methoxy groups -OCH3 is 1. The molecule has 2 aromatic rings. The number of aromatic hydroxyl groups is 1. The highest BCUT2D eigenvalue weighted by molar-refractivity contribution is 5.44. The van der Waals surface area contributed by atoms with Crippen LogP contribution in [0.15, 0.2) is 36.4 Å². The Hall–Kier alpha value is -2.24. The maximum atomic E-state index is 10.1. The number of nitrogens with zero attached hydrogens (tertiary/aromatic N) is 1. The van der Waals surface area contributed by atoms with E-state index in [9.17, 15) is 5.11 Å². The Morgan fingerprint density at radius 3 is 2.58 bits per heavy atom. The summed E-state index contributed by atoms with van der Waals surface area (Å²) in [6.07, 6.45) is 6.77. The largest absolute Gasteiger partial charge is 0.508 e. The van der Waals surface area contributed by atoms with Crippen LogP contribution in [0.5, 0.6) is 17.2 Å². The fourth-order valence-corrected chi connectivity index (χ4v) is 8.64. The molecule has 2 saturated carbocycles. The molecule has 0 amide bonds. The number of hydrogen-bond donors (Lipinski definition) is 2. The van der Waals surface area contributed by atoms with E-state index in [0.29, 0.717) is 34.8 Å². The summed E-state index contributed by atoms with van der Waals surface area (Å²) in [7, 11) is 1.73. The summed E-state index contributed by atoms with van der Waals surface area (Å²) in [5, 5.41) is 10.1. The van der Waals surface area contributed by atoms with Crippen molar-refractivity contribution in [3.05, 3.63) is 53.1 Å². The molecular formula is C33H48N2O3. The van der Waals surface area contributed by atoms with Crippen molar-refractivity contribution in [2.24, 2.45) is 34.8 Å². The van der Waals surface area contributed by atoms with Crippen LogP contribution in [-0.4, -0.2) is 36.8 Å². The van der Waals surface area contributed by atoms with Crippen molar-refractivity contribution < 1.29 is 14.6 Å². The van der Waals surface area contributed by atoms with Crippen LogP contribution in [0.3, 0.4) is 0 Å². The van der Waals surface area contributed by atoms with Crippen molar-refractivity contribution in [3.63, 3.8) is 0 Å². The van der Waals surface area contributed by atoms with Gasteiger partial charge in [-0.25, -0.2) is 0 Å². The maximum absolute atomic E-state index is 10.1. The zero-order chi connectivity index (χ0) is 27.1. The maximum Gasteiger partial charge on any atom is 0.161 e. The van der Waals surface area contributed by atoms with Crippen LogP contribution in [0.4, 0.5) is 0 Å². The van der Waals surface area contributed by atoms with Gasteiger partial charge in [0.15, 0.2) is 11.5 Å². The molecular weight excluding hydrogens is 472 g/mol. The lowest BCUT2D eigenvalue weighted by atomic mass is 9.49. The Labute approximate surface area is 229 Å². The van der Waals surface area contributed by atoms with Gasteiger partial charge in [-0.05, 0) is 122 Å². The van der Waals surface area contributed by atoms with Gasteiger partial charge in [-0.3, -0.25) is 4.90 Å². The summed E-state index contributed by atoms with van der Waals surface area (Å²) in [6.45, 7) is 13.1. The molecule has 0 unspecified atom stereocenters. The highest BCUT2D eigenvalue weighted by Gasteiger charge is 2.60. The number of benzene rings is 2. The Morgan fingerprint density at radius 1 is 1.05 bits per heavy atom. The molecule has 6 atom stereocenters. The quantitative estimate of drug-likeness (QED) is 0.395. The van der Waals surface area contributed by atoms with Gasteiger partial charge in [0.05, 0.1) is 13.7 Å². The molecule has 0 saturated heterocycles. The molecule has 0 aliphatic heterocycles. The molecule has 5 rings (SSSR count). The van der Waals surface area contributed by atoms with Crippen LogP contribution in [0.25, 0.3) is 0 Å². The third-order valence-electron chi connectivity index (χ3n) is 10.7. The first-order chi connectivity index (χ1) is 18.2. The monoisotopic (exact) mass is 520 g/mol. The van der Waals surface area contributed by atoms with Gasteiger partial charge in [-0.2, -0.15) is 0 Å². The number of phenolic OH excluding ortho intramolecular Hbond substituents is 1. The first kappa shape index (κ1) is 27.3. The topological polar surface area (TPSA) is 68.0 Å². The van der Waals surface area contributed by atoms with Gasteiger partial charge in [0.1, 0.15) is 5.75 Å². The van der Waals surface area contributed by atoms with Crippen molar-refractivity contribution in [2.75, 3.05) is 26.8 Å². The predicted octanol–water partition coefficient (Wildman–Crippen LogP) is 6.50. The molecule has 3 aliphatic carbocycles. The van der Waals surface area contributed by atoms with Crippen molar-refractivity contribution in [1.29, 1.82) is 0 Å². The molecule has 5 nitrogen and oxygen atoms in total. The van der Waals surface area contributed by atoms with E-state index < -0.39 is 0 Å². The number of nitrogens with two attached hydrogens (primary N) is 1. The molecule has 0 bridgehead atoms. The molecule has 0 radical (unpaired) electrons. The van der Waals surface area contributed by atoms with E-state index >= 15 is 0 Å². The first-order valence-electron chi connectivity index (χ1n) is 14.9. The molecule has 0 heterocycles. The van der Waals surface area contributed by atoms with E-state index in [1.165, 1.54) is 29.5 Å². The smallest absolute Gasteiger partial charge is 0.161 e. The Kier molecular flexibility index (Phi) is 7.72. The molecule has 3 aliphatic rings. The average Bonchev–Trinajstić information content (AvgIpc) is 3.23. The minimum absolute atomic E-state index is 0.281. The molecule has 0 aromatic heterocycles. The minimum Gasteiger partial charge on any atom is -0.508 e. The van der Waals surface area contributed by atoms with Gasteiger partial charge in [-0.1, -0.05) is 39.8 Å². The second-order valence-corrected chi connectivity index (χ2v) is 12.6. The SMILES string of the molecule is CCN(CC)Cc1ccc(OCC[C@H]2CC[C@H]3[C@@H]4[C@H](C)Cc5cc(O)ccc5[C@@]4(N)CC[C@]23C)c(OC)c1. The van der Waals surface area contributed by atoms with Crippen LogP contribution >= 0.6 is 0 Å². The zero-order valence-corrected chi connectivity index (χ0v) is 24.1. The van der Waals surface area contributed by atoms with E-state index in [4.69, 9.17) is 15.2 Å². The molecule has 2 fully saturated rings. The highest BCUT2D eigenvalue weighted by atomic mass is 16.5. The van der Waals surface area contributed by atoms with E-state index in [2.05, 4.69) is 56.9 Å². The minimum atomic E-state index is -0.281. The summed E-state index contributed by atoms with van der Waals surface area (Å²) in [5.41, 5.74) is 11.1. The normalized spacial score (nSPS) is 32.0. The lowest BCUT2D eigenvalue weighted by molar-refractivity contribution is -0.0408. The van der Waals surface area contributed by atoms with E-state index in [1.807, 2.05) is 12.1 Å². The van der Waals surface area contributed by atoms with E-state index in [1.54, 1.807) is 7.11 Å². The summed E-state index contributed by atoms with van der Waals surface area (Å²) < 4.78 is 12.1. The number of ether oxygens (including phenoxy) is 2. The molecule has 0 spiro atoms. The molecule has 3 N–H and O–H groups in total. The van der Waals surface area contributed by atoms with Gasteiger partial charge in [0, 0.05) is 12.1 Å². The Balaban J connectivity index is 1.26. The predicted molar refractivity (Wildman–Crippen MR) is 154 cm³/mol. The third-order valence-corrected chi connectivity index (χ3v) is 10.7. The molecule has 5 heteroatoms. The van der Waals surface area contributed by atoms with Crippen molar-refractivity contribution in [1.82, 2.24) is 4.90 Å². The Morgan fingerprint density at radius 2 is 1.84 bits per heavy atom. The highest BCUT2D eigenvalue weighted by Crippen LogP contribution is 2.65. The van der Waals surface area contributed by atoms with Gasteiger partial charge >= 0.3 is 0 Å². The Bertz CT molecular complexity index is 1130. The van der Waals surface area contributed by atoms with Crippen LogP contribution < -0.4 is 15.2 Å². The second kappa shape index (κ2) is 10.7. The standard InChI is InChI=1S/C33H48N2O3/c1-6-35(7-2)21-23-8-13-29(30(19-23)37-5)38-17-14-25-9-11-28-31-22(3)18-24-20-26(36)10-12-27(24)33(31,34)16-15-32(25,28)4/h8,10,12-13,19-20,22,25,28,31,36H,6-7,9,11,14-18,21,34H2,1-5H3/t22-,25-,28+,31+,32-,33+/m1/s1. The lowest BCUT2D eigenvalue weighted by Gasteiger charge is -2.58. The summed E-state index contributed by atoms with van der Waals surface area (Å²) in [5.74, 6) is 4.33. The number of fused-ring (bicyclic) bond motifs is 5. The second-order valence-electron chi connectivity index (χ2n) is 12.6. The van der Waals surface area contributed by atoms with E-state index in [-0.39, 0.29) is 5.54 Å². The summed E-state index contributed by atoms with van der Waals surface area (Å²) in [6, 6.07) is 12.3. The van der Waals surface area contributed by atoms with Crippen LogP contribution in [0.1, 0.15) is 76.5 Å². The van der Waals surface area contributed by atoms with Gasteiger partial charge in [-0.15, -0.1) is 0 Å². The average molecular weight is 521 g/mol. The summed E-state index contributed by atoms with van der Waals surface area (Å²) in [4.78, 5) is 2.41. The van der Waals surface area contributed by atoms with E-state index in [0.717, 1.165) is 63.4 Å². The molecule has 2 aromatic carbocycles. The van der Waals surface area contributed by atoms with Crippen molar-refractivity contribution >= 4 is 0 Å². The van der Waals surface area contributed by atoms with Crippen molar-refractivity contribution in [2.45, 2.75) is 78.3 Å². The summed E-state index contributed by atoms with van der Waals surface area (Å²) >= 11 is 0. The van der Waals surface area contributed by atoms with Gasteiger partial charge < -0.3 is 20.3 Å². The fraction of sp³-hybridized carbons (Fsp3) is 0.636. The van der Waals surface area contributed by atoms with Crippen LogP contribution in [0, 0.1) is 29.1 Å². The number of phenols is 1. The molecule has 208 valence electrons. The fourth-order valence-electron chi connectivity index (χ4n) is 8.64. The number of hydrogen-bond acceptors (Lipinski definition) is 5.